The van der Waals surface area contributed by atoms with Gasteiger partial charge in [0.15, 0.2) is 5.92 Å². The van der Waals surface area contributed by atoms with Gasteiger partial charge in [-0.3, -0.25) is 9.48 Å². The number of aromatic nitrogens is 4. The average Bonchev–Trinajstić information content (AvgIpc) is 3.72. The minimum absolute atomic E-state index is 0.0675. The molecule has 3 heterocycles. The smallest absolute Gasteiger partial charge is 0.352 e. The van der Waals surface area contributed by atoms with Gasteiger partial charge in [-0.05, 0) is 31.1 Å². The Balaban J connectivity index is 0.000000530. The van der Waals surface area contributed by atoms with Crippen LogP contribution < -0.4 is 4.90 Å². The zero-order valence-corrected chi connectivity index (χ0v) is 22.8. The van der Waals surface area contributed by atoms with Crippen molar-refractivity contribution < 1.29 is 26.7 Å². The van der Waals surface area contributed by atoms with E-state index in [1.54, 1.807) is 19.1 Å². The molecule has 1 aliphatic carbocycles. The van der Waals surface area contributed by atoms with Gasteiger partial charge in [0.25, 0.3) is 6.43 Å². The molecule has 1 aromatic carbocycles. The molecule has 2 fully saturated rings. The lowest BCUT2D eigenvalue weighted by molar-refractivity contribution is -0.147. The molecule has 9 nitrogen and oxygen atoms in total. The molecule has 2 aliphatic rings. The van der Waals surface area contributed by atoms with E-state index in [1.165, 1.54) is 23.4 Å². The summed E-state index contributed by atoms with van der Waals surface area (Å²) in [6, 6.07) is 9.79. The predicted molar refractivity (Wildman–Crippen MR) is 148 cm³/mol. The largest absolute Gasteiger partial charge is 0.391 e. The lowest BCUT2D eigenvalue weighted by atomic mass is 9.49. The van der Waals surface area contributed by atoms with Crippen LogP contribution in [0, 0.1) is 34.5 Å². The summed E-state index contributed by atoms with van der Waals surface area (Å²) in [7, 11) is 17.2. The van der Waals surface area contributed by atoms with Gasteiger partial charge in [0.2, 0.25) is 5.91 Å². The van der Waals surface area contributed by atoms with Gasteiger partial charge in [-0.2, -0.15) is 28.8 Å². The molecule has 216 valence electrons. The van der Waals surface area contributed by atoms with Gasteiger partial charge in [0.1, 0.15) is 23.9 Å². The number of rotatable bonds is 5. The molecular formula is C26H22B3F5N8O. The van der Waals surface area contributed by atoms with E-state index < -0.39 is 41.6 Å². The number of nitrogens with zero attached hydrogens (tertiary/aromatic N) is 8. The molecule has 1 saturated carbocycles. The molecular weight excluding hydrogens is 568 g/mol. The van der Waals surface area contributed by atoms with Gasteiger partial charge < -0.3 is 9.80 Å². The third kappa shape index (κ3) is 6.92. The number of para-hydroxylation sites is 1. The second-order valence-electron chi connectivity index (χ2n) is 10.3. The second-order valence-corrected chi connectivity index (χ2v) is 10.3. The fraction of sp³-hybridized carbons (Fsp3) is 0.462. The van der Waals surface area contributed by atoms with Crippen LogP contribution in [0.5, 0.6) is 0 Å². The Morgan fingerprint density at radius 1 is 1.12 bits per heavy atom. The number of anilines is 1. The van der Waals surface area contributed by atoms with Crippen LogP contribution >= 0.6 is 0 Å². The summed E-state index contributed by atoms with van der Waals surface area (Å²) >= 11 is 0. The molecule has 2 unspecified atom stereocenters. The SMILES string of the molecule is FC(F)(F)C1CC1.[B]C([B])([B])n1nc(-c2cccc3c(N4CCN(C(=O)C(C#N)C(F)F)C(C)C4)ncnc23)cc1C#N. The summed E-state index contributed by atoms with van der Waals surface area (Å²) in [6.45, 7) is 2.51. The van der Waals surface area contributed by atoms with Gasteiger partial charge >= 0.3 is 6.18 Å². The highest BCUT2D eigenvalue weighted by Gasteiger charge is 2.47. The summed E-state index contributed by atoms with van der Waals surface area (Å²) in [5.41, 5.74) is 1.58. The number of halogens is 5. The number of fused-ring (bicyclic) bond motifs is 1. The van der Waals surface area contributed by atoms with Gasteiger partial charge in [-0.15, -0.1) is 0 Å². The van der Waals surface area contributed by atoms with E-state index in [-0.39, 0.29) is 12.2 Å². The van der Waals surface area contributed by atoms with Crippen LogP contribution in [0.4, 0.5) is 27.8 Å². The maximum absolute atomic E-state index is 13.1. The molecule has 0 spiro atoms. The lowest BCUT2D eigenvalue weighted by Gasteiger charge is -2.41. The first-order valence-electron chi connectivity index (χ1n) is 13.1. The molecule has 3 aromatic rings. The maximum atomic E-state index is 13.1. The molecule has 5 rings (SSSR count). The number of nitriles is 2. The summed E-state index contributed by atoms with van der Waals surface area (Å²) in [4.78, 5) is 24.6. The highest BCUT2D eigenvalue weighted by atomic mass is 19.4. The summed E-state index contributed by atoms with van der Waals surface area (Å²) in [6.07, 6.45) is -4.86. The van der Waals surface area contributed by atoms with Crippen molar-refractivity contribution in [1.82, 2.24) is 24.6 Å². The molecule has 6 radical (unpaired) electrons. The van der Waals surface area contributed by atoms with Crippen LogP contribution in [0.2, 0.25) is 0 Å². The van der Waals surface area contributed by atoms with Crippen LogP contribution in [0.15, 0.2) is 30.6 Å². The quantitative estimate of drug-likeness (QED) is 0.332. The summed E-state index contributed by atoms with van der Waals surface area (Å²) in [5.74, 6) is -3.24. The van der Waals surface area contributed by atoms with Gasteiger partial charge in [0, 0.05) is 42.7 Å². The summed E-state index contributed by atoms with van der Waals surface area (Å²) in [5, 5.41) is 21.5. The molecule has 1 aliphatic heterocycles. The first-order valence-corrected chi connectivity index (χ1v) is 13.1. The molecule has 2 aromatic heterocycles. The van der Waals surface area contributed by atoms with Crippen LogP contribution in [0.3, 0.4) is 0 Å². The van der Waals surface area contributed by atoms with Crippen LogP contribution in [0.25, 0.3) is 22.2 Å². The van der Waals surface area contributed by atoms with Gasteiger partial charge in [-0.25, -0.2) is 18.7 Å². The van der Waals surface area contributed by atoms with E-state index in [1.807, 2.05) is 17.0 Å². The molecule has 0 N–H and O–H groups in total. The van der Waals surface area contributed by atoms with Crippen molar-refractivity contribution >= 4 is 46.2 Å². The van der Waals surface area contributed by atoms with Crippen molar-refractivity contribution in [1.29, 1.82) is 10.5 Å². The Kier molecular flexibility index (Phi) is 9.04. The second kappa shape index (κ2) is 12.2. The van der Waals surface area contributed by atoms with Gasteiger partial charge in [-0.1, -0.05) is 12.1 Å². The minimum atomic E-state index is -3.89. The van der Waals surface area contributed by atoms with E-state index in [9.17, 15) is 32.0 Å². The number of amides is 1. The highest BCUT2D eigenvalue weighted by molar-refractivity contribution is 6.56. The molecule has 1 saturated heterocycles. The molecule has 0 bridgehead atoms. The lowest BCUT2D eigenvalue weighted by Crippen LogP contribution is -2.56. The third-order valence-corrected chi connectivity index (χ3v) is 7.02. The number of hydrogen-bond donors (Lipinski definition) is 0. The van der Waals surface area contributed by atoms with Crippen molar-refractivity contribution in [2.45, 2.75) is 43.6 Å². The Labute approximate surface area is 247 Å². The standard InChI is InChI=1S/C22H17B3F2N8O.C4H5F3/c1-12-10-33(5-6-34(12)21(36)16(9-29)19(26)27)20-15-4-2-3-14(18(15)30-11-31-20)17-7-13(8-28)35(32-17)22(23,24)25;5-4(6,7)3-1-2-3/h2-4,7,11-12,16,19H,5-6,10H2,1H3;3H,1-2H2. The summed E-state index contributed by atoms with van der Waals surface area (Å²) < 4.78 is 60.9. The Bertz CT molecular complexity index is 1580. The van der Waals surface area contributed by atoms with E-state index >= 15 is 0 Å². The monoisotopic (exact) mass is 590 g/mol. The number of carbonyl (C=O) groups is 1. The van der Waals surface area contributed by atoms with Crippen molar-refractivity contribution in [2.24, 2.45) is 11.8 Å². The normalized spacial score (nSPS) is 18.0. The fourth-order valence-corrected chi connectivity index (χ4v) is 4.71. The molecule has 43 heavy (non-hydrogen) atoms. The fourth-order valence-electron chi connectivity index (χ4n) is 4.71. The number of benzene rings is 1. The number of hydrogen-bond acceptors (Lipinski definition) is 7. The highest BCUT2D eigenvalue weighted by Crippen LogP contribution is 2.43. The maximum Gasteiger partial charge on any atom is 0.391 e. The van der Waals surface area contributed by atoms with Crippen LogP contribution in [-0.4, -0.2) is 92.4 Å². The Morgan fingerprint density at radius 2 is 1.81 bits per heavy atom. The first-order chi connectivity index (χ1) is 20.2. The number of alkyl halides is 5. The Morgan fingerprint density at radius 3 is 2.30 bits per heavy atom. The van der Waals surface area contributed by atoms with Crippen molar-refractivity contribution in [3.8, 4) is 23.4 Å². The van der Waals surface area contributed by atoms with Crippen molar-refractivity contribution in [3.05, 3.63) is 36.3 Å². The van der Waals surface area contributed by atoms with E-state index in [0.717, 1.165) is 4.68 Å². The van der Waals surface area contributed by atoms with Crippen molar-refractivity contribution in [3.63, 3.8) is 0 Å². The number of piperazine rings is 1. The minimum Gasteiger partial charge on any atom is -0.352 e. The van der Waals surface area contributed by atoms with Crippen LogP contribution in [0.1, 0.15) is 25.5 Å². The first kappa shape index (κ1) is 31.8. The van der Waals surface area contributed by atoms with Gasteiger partial charge in [0.05, 0.1) is 46.7 Å². The zero-order valence-electron chi connectivity index (χ0n) is 22.8. The third-order valence-electron chi connectivity index (χ3n) is 7.02. The topological polar surface area (TPSA) is 115 Å². The molecule has 2 atom stereocenters. The zero-order chi connectivity index (χ0) is 31.7. The molecule has 1 amide bonds. The van der Waals surface area contributed by atoms with Crippen LogP contribution in [-0.2, 0) is 10.0 Å². The van der Waals surface area contributed by atoms with E-state index in [0.29, 0.717) is 53.9 Å². The molecule has 17 heteroatoms. The Hall–Kier alpha value is -4.14. The van der Waals surface area contributed by atoms with Crippen molar-refractivity contribution in [2.75, 3.05) is 24.5 Å². The van der Waals surface area contributed by atoms with E-state index in [4.69, 9.17) is 28.8 Å². The van der Waals surface area contributed by atoms with E-state index in [2.05, 4.69) is 15.1 Å². The number of carbonyl (C=O) groups excluding carboxylic acids is 1. The average molecular weight is 590 g/mol. The predicted octanol–water partition coefficient (Wildman–Crippen LogP) is 2.84.